The van der Waals surface area contributed by atoms with Crippen molar-refractivity contribution < 1.29 is 72.2 Å². The van der Waals surface area contributed by atoms with E-state index in [1.807, 2.05) is 0 Å². The topological polar surface area (TPSA) is 215 Å². The summed E-state index contributed by atoms with van der Waals surface area (Å²) in [6.45, 7) is 0.129. The van der Waals surface area contributed by atoms with Crippen LogP contribution in [-0.4, -0.2) is 30.4 Å². The average Bonchev–Trinajstić information content (AvgIpc) is 2.68. The Morgan fingerprint density at radius 2 is 1.25 bits per heavy atom. The van der Waals surface area contributed by atoms with Gasteiger partial charge in [-0.2, -0.15) is 0 Å². The molecule has 0 bridgehead atoms. The van der Waals surface area contributed by atoms with E-state index in [9.17, 15) is 39.3 Å². The minimum absolute atomic E-state index is 0. The molecule has 2 aromatic heterocycles. The molecule has 0 atom stereocenters. The summed E-state index contributed by atoms with van der Waals surface area (Å²) < 4.78 is 37.7. The van der Waals surface area contributed by atoms with Crippen molar-refractivity contribution in [2.75, 3.05) is 0 Å². The first kappa shape index (κ1) is 28.7. The molecule has 0 aromatic carbocycles. The van der Waals surface area contributed by atoms with Crippen LogP contribution in [-0.2, 0) is 68.4 Å². The molecular formula is C16H20N2O11P2Zn. The summed E-state index contributed by atoms with van der Waals surface area (Å²) in [6, 6.07) is 0. The summed E-state index contributed by atoms with van der Waals surface area (Å²) in [5, 5.41) is 39.0. The molecule has 2 heterocycles. The van der Waals surface area contributed by atoms with E-state index in [1.54, 1.807) is 0 Å². The summed E-state index contributed by atoms with van der Waals surface area (Å²) in [4.78, 5) is 29.8. The van der Waals surface area contributed by atoms with Crippen LogP contribution >= 0.6 is 15.6 Å². The maximum Gasteiger partial charge on any atom is 2.00 e. The van der Waals surface area contributed by atoms with Crippen LogP contribution in [0.1, 0.15) is 33.6 Å². The van der Waals surface area contributed by atoms with E-state index in [-0.39, 0.29) is 53.1 Å². The number of phosphoric acid groups is 2. The predicted octanol–water partition coefficient (Wildman–Crippen LogP) is 0.174. The van der Waals surface area contributed by atoms with Crippen LogP contribution in [0.2, 0.25) is 0 Å². The van der Waals surface area contributed by atoms with Crippen molar-refractivity contribution in [3.8, 4) is 11.5 Å². The fourth-order valence-electron chi connectivity index (χ4n) is 2.46. The van der Waals surface area contributed by atoms with Crippen LogP contribution in [0.25, 0.3) is 0 Å². The van der Waals surface area contributed by atoms with Crippen molar-refractivity contribution in [2.45, 2.75) is 40.3 Å². The van der Waals surface area contributed by atoms with Gasteiger partial charge in [0.05, 0.1) is 45.6 Å². The Morgan fingerprint density at radius 1 is 0.875 bits per heavy atom. The maximum absolute atomic E-state index is 12.8. The van der Waals surface area contributed by atoms with E-state index < -0.39 is 53.6 Å². The molecule has 0 saturated carbocycles. The molecule has 0 aliphatic heterocycles. The Morgan fingerprint density at radius 3 is 1.56 bits per heavy atom. The Bertz CT molecular complexity index is 980. The van der Waals surface area contributed by atoms with Crippen LogP contribution in [0.4, 0.5) is 0 Å². The molecule has 0 unspecified atom stereocenters. The molecule has 172 valence electrons. The van der Waals surface area contributed by atoms with Crippen LogP contribution in [0.3, 0.4) is 0 Å². The van der Waals surface area contributed by atoms with Gasteiger partial charge in [-0.05, 0) is 13.8 Å². The normalized spacial score (nSPS) is 11.9. The number of rotatable bonds is 10. The molecule has 0 spiro atoms. The fourth-order valence-corrected chi connectivity index (χ4v) is 4.46. The molecule has 0 fully saturated rings. The van der Waals surface area contributed by atoms with Gasteiger partial charge in [-0.3, -0.25) is 23.3 Å². The van der Waals surface area contributed by atoms with Crippen molar-refractivity contribution in [2.24, 2.45) is 0 Å². The molecular weight excluding hydrogens is 524 g/mol. The van der Waals surface area contributed by atoms with E-state index in [0.717, 1.165) is 0 Å². The average molecular weight is 544 g/mol. The summed E-state index contributed by atoms with van der Waals surface area (Å²) >= 11 is 0. The van der Waals surface area contributed by atoms with Gasteiger partial charge in [0, 0.05) is 34.6 Å². The zero-order valence-corrected chi connectivity index (χ0v) is 21.9. The molecule has 32 heavy (non-hydrogen) atoms. The van der Waals surface area contributed by atoms with E-state index in [1.165, 1.54) is 26.2 Å². The molecule has 4 N–H and O–H groups in total. The predicted molar refractivity (Wildman–Crippen MR) is 99.0 cm³/mol. The number of phosphoric ester groups is 1. The van der Waals surface area contributed by atoms with E-state index in [0.29, 0.717) is 0 Å². The fraction of sp³-hybridized carbons (Fsp3) is 0.375. The smallest absolute Gasteiger partial charge is 0.789 e. The molecule has 16 heteroatoms. The van der Waals surface area contributed by atoms with Crippen LogP contribution in [0.5, 0.6) is 11.5 Å². The largest absolute Gasteiger partial charge is 2.00 e. The van der Waals surface area contributed by atoms with Gasteiger partial charge in [0.1, 0.15) is 11.5 Å². The van der Waals surface area contributed by atoms with E-state index >= 15 is 0 Å². The summed E-state index contributed by atoms with van der Waals surface area (Å²) in [5.74, 6) is -0.842. The van der Waals surface area contributed by atoms with Crippen molar-refractivity contribution >= 4 is 15.6 Å². The molecule has 13 nitrogen and oxygen atoms in total. The molecule has 0 radical (unpaired) electrons. The second-order valence-corrected chi connectivity index (χ2v) is 9.19. The van der Waals surface area contributed by atoms with Crippen LogP contribution < -0.4 is 9.79 Å². The number of hydrogen-bond donors (Lipinski definition) is 4. The zero-order valence-electron chi connectivity index (χ0n) is 17.1. The Labute approximate surface area is 195 Å². The summed E-state index contributed by atoms with van der Waals surface area (Å²) in [5.41, 5.74) is 0.241. The minimum Gasteiger partial charge on any atom is -0.789 e. The number of hydrogen-bond acceptors (Lipinski definition) is 13. The van der Waals surface area contributed by atoms with Gasteiger partial charge in [0.15, 0.2) is 0 Å². The molecule has 2 aromatic rings. The van der Waals surface area contributed by atoms with Crippen molar-refractivity contribution in [3.05, 3.63) is 46.0 Å². The molecule has 0 amide bonds. The first-order valence-corrected chi connectivity index (χ1v) is 11.5. The molecule has 0 aliphatic rings. The van der Waals surface area contributed by atoms with E-state index in [4.69, 9.17) is 9.05 Å². The number of aromatic hydroxyl groups is 2. The summed E-state index contributed by atoms with van der Waals surface area (Å²) in [6.07, 6.45) is 2.41. The number of aliphatic hydroxyl groups is 2. The number of aromatic nitrogens is 2. The standard InChI is InChI=1S/C16H22N2O11P2.Zn/c1-9-15(21)13(11(5-19)3-17-9)7-27-31(26,29-30(23,24)25)28-8-14-12(6-20)4-18-10(2)16(14)22;/h3-4,19-22H,5-8H2,1-2H3,(H2,23,24,25);/q;+2/p-2. The molecule has 0 saturated heterocycles. The van der Waals surface area contributed by atoms with Crippen LogP contribution in [0.15, 0.2) is 12.4 Å². The Balaban J connectivity index is 0.00000512. The molecule has 0 aliphatic carbocycles. The van der Waals surface area contributed by atoms with Crippen molar-refractivity contribution in [1.29, 1.82) is 0 Å². The maximum atomic E-state index is 12.8. The third kappa shape index (κ3) is 7.36. The second kappa shape index (κ2) is 11.7. The van der Waals surface area contributed by atoms with Gasteiger partial charge in [0.2, 0.25) is 0 Å². The van der Waals surface area contributed by atoms with Gasteiger partial charge in [-0.15, -0.1) is 0 Å². The van der Waals surface area contributed by atoms with Crippen molar-refractivity contribution in [1.82, 2.24) is 9.97 Å². The van der Waals surface area contributed by atoms with Gasteiger partial charge in [-0.25, -0.2) is 4.57 Å². The van der Waals surface area contributed by atoms with Gasteiger partial charge in [0.25, 0.3) is 0 Å². The molecule has 2 rings (SSSR count). The second-order valence-electron chi connectivity index (χ2n) is 6.23. The van der Waals surface area contributed by atoms with E-state index in [2.05, 4.69) is 14.3 Å². The van der Waals surface area contributed by atoms with Crippen molar-refractivity contribution in [3.63, 3.8) is 0 Å². The number of aliphatic hydroxyl groups excluding tert-OH is 2. The monoisotopic (exact) mass is 542 g/mol. The SMILES string of the molecule is Cc1ncc(CO)c(COP(=O)(OCc2c(CO)cnc(C)c2O)OP(=O)([O-])[O-])c1O.[Zn+2]. The number of aryl methyl sites for hydroxylation is 2. The number of nitrogens with zero attached hydrogens (tertiary/aromatic N) is 2. The first-order chi connectivity index (χ1) is 14.4. The Kier molecular flexibility index (Phi) is 10.5. The minimum atomic E-state index is -5.87. The third-order valence-electron chi connectivity index (χ3n) is 4.14. The Hall–Kier alpha value is -1.30. The zero-order chi connectivity index (χ0) is 23.4. The summed E-state index contributed by atoms with van der Waals surface area (Å²) in [7, 11) is -11.0. The quantitative estimate of drug-likeness (QED) is 0.232. The van der Waals surface area contributed by atoms with Gasteiger partial charge in [-0.1, -0.05) is 0 Å². The van der Waals surface area contributed by atoms with Crippen LogP contribution in [0, 0.1) is 13.8 Å². The number of pyridine rings is 2. The van der Waals surface area contributed by atoms with Gasteiger partial charge >= 0.3 is 27.3 Å². The first-order valence-electron chi connectivity index (χ1n) is 8.57. The third-order valence-corrected chi connectivity index (χ3v) is 6.63. The van der Waals surface area contributed by atoms with Gasteiger partial charge < -0.3 is 34.8 Å².